The Morgan fingerprint density at radius 2 is 2.11 bits per heavy atom. The second-order valence-corrected chi connectivity index (χ2v) is 7.83. The highest BCUT2D eigenvalue weighted by Gasteiger charge is 2.22. The van der Waals surface area contributed by atoms with Gasteiger partial charge in [-0.25, -0.2) is 0 Å². The van der Waals surface area contributed by atoms with Crippen LogP contribution >= 0.6 is 0 Å². The van der Waals surface area contributed by atoms with Crippen LogP contribution in [0.15, 0.2) is 59.3 Å². The summed E-state index contributed by atoms with van der Waals surface area (Å²) in [5.41, 5.74) is 1.13. The van der Waals surface area contributed by atoms with E-state index in [1.165, 1.54) is 4.80 Å². The van der Waals surface area contributed by atoms with Crippen molar-refractivity contribution in [2.24, 2.45) is 10.9 Å². The number of aliphatic hydroxyl groups is 1. The number of nitrogens with zero attached hydrogens (tertiary/aromatic N) is 5. The summed E-state index contributed by atoms with van der Waals surface area (Å²) in [6.07, 6.45) is 14.7. The quantitative estimate of drug-likeness (QED) is 0.550. The van der Waals surface area contributed by atoms with E-state index in [-0.39, 0.29) is 11.3 Å². The Kier molecular flexibility index (Phi) is 5.77. The van der Waals surface area contributed by atoms with Gasteiger partial charge in [0.15, 0.2) is 0 Å². The molecule has 3 rings (SSSR count). The molecule has 0 bridgehead atoms. The minimum atomic E-state index is -0.0582. The van der Waals surface area contributed by atoms with Crippen molar-refractivity contribution in [3.05, 3.63) is 54.4 Å². The second-order valence-electron chi connectivity index (χ2n) is 7.83. The van der Waals surface area contributed by atoms with E-state index < -0.39 is 0 Å². The lowest BCUT2D eigenvalue weighted by atomic mass is 10.1. The first-order valence-electron chi connectivity index (χ1n) is 9.33. The van der Waals surface area contributed by atoms with E-state index in [9.17, 15) is 5.11 Å². The third-order valence-corrected chi connectivity index (χ3v) is 4.34. The van der Waals surface area contributed by atoms with Gasteiger partial charge in [0.25, 0.3) is 0 Å². The van der Waals surface area contributed by atoms with Gasteiger partial charge in [0.1, 0.15) is 17.3 Å². The van der Waals surface area contributed by atoms with Crippen molar-refractivity contribution in [3.8, 4) is 0 Å². The monoisotopic (exact) mass is 381 g/mol. The van der Waals surface area contributed by atoms with E-state index in [4.69, 9.17) is 5.41 Å². The molecule has 0 radical (unpaired) electrons. The average molecular weight is 381 g/mol. The number of nitrogens with one attached hydrogen (secondary N) is 2. The molecule has 0 aliphatic carbocycles. The summed E-state index contributed by atoms with van der Waals surface area (Å²) in [7, 11) is 0. The number of aliphatic imine (C=N–C) groups is 1. The molecular weight excluding hydrogens is 354 g/mol. The predicted molar refractivity (Wildman–Crippen MR) is 111 cm³/mol. The minimum Gasteiger partial charge on any atom is -0.506 e. The molecule has 8 nitrogen and oxygen atoms in total. The number of allylic oxidation sites excluding steroid dienone is 4. The number of hydrogen-bond donors (Lipinski definition) is 3. The van der Waals surface area contributed by atoms with Crippen LogP contribution in [0.2, 0.25) is 0 Å². The molecule has 0 amide bonds. The number of hydrogen-bond acceptors (Lipinski definition) is 6. The predicted octanol–water partition coefficient (Wildman–Crippen LogP) is 2.73. The van der Waals surface area contributed by atoms with Crippen molar-refractivity contribution in [2.75, 3.05) is 13.1 Å². The van der Waals surface area contributed by atoms with Gasteiger partial charge in [-0.2, -0.15) is 15.0 Å². The average Bonchev–Trinajstić information content (AvgIpc) is 3.32. The lowest BCUT2D eigenvalue weighted by Crippen LogP contribution is -2.26. The Morgan fingerprint density at radius 1 is 1.36 bits per heavy atom. The van der Waals surface area contributed by atoms with Gasteiger partial charge in [-0.15, -0.1) is 0 Å². The maximum absolute atomic E-state index is 10.2. The lowest BCUT2D eigenvalue weighted by Gasteiger charge is -2.17. The summed E-state index contributed by atoms with van der Waals surface area (Å²) in [5.74, 6) is 0.933. The van der Waals surface area contributed by atoms with Crippen LogP contribution in [0.3, 0.4) is 0 Å². The number of amidine groups is 1. The normalized spacial score (nSPS) is 22.0. The van der Waals surface area contributed by atoms with Gasteiger partial charge in [0.05, 0.1) is 23.6 Å². The first kappa shape index (κ1) is 19.6. The third-order valence-electron chi connectivity index (χ3n) is 4.34. The maximum atomic E-state index is 10.2. The van der Waals surface area contributed by atoms with Crippen LogP contribution in [-0.2, 0) is 0 Å². The number of likely N-dealkylation sites (tertiary alicyclic amines) is 1. The van der Waals surface area contributed by atoms with E-state index >= 15 is 0 Å². The van der Waals surface area contributed by atoms with Gasteiger partial charge in [-0.3, -0.25) is 10.4 Å². The lowest BCUT2D eigenvalue weighted by molar-refractivity contribution is 0.416. The van der Waals surface area contributed by atoms with Crippen molar-refractivity contribution in [3.63, 3.8) is 0 Å². The topological polar surface area (TPSA) is 102 Å². The highest BCUT2D eigenvalue weighted by molar-refractivity contribution is 5.91. The molecule has 3 heterocycles. The van der Waals surface area contributed by atoms with Crippen LogP contribution in [-0.4, -0.2) is 55.7 Å². The Balaban J connectivity index is 1.54. The fraction of sp³-hybridized carbons (Fsp3) is 0.400. The zero-order valence-corrected chi connectivity index (χ0v) is 16.5. The summed E-state index contributed by atoms with van der Waals surface area (Å²) < 4.78 is 0. The first-order valence-corrected chi connectivity index (χ1v) is 9.33. The van der Waals surface area contributed by atoms with Crippen LogP contribution in [0.4, 0.5) is 0 Å². The summed E-state index contributed by atoms with van der Waals surface area (Å²) in [4.78, 5) is 8.04. The van der Waals surface area contributed by atoms with E-state index in [0.717, 1.165) is 19.5 Å². The standard InChI is InChI=1S/C20H27N7O/c1-20(2,3)23-12-15-7-10-26(14-15)19(21)6-4-5-17-18(28)11-16(13-22-17)27-24-8-9-25-27/h4-6,8-9,11-13,15,21-22,28H,7,10,14H2,1-3H3. The Morgan fingerprint density at radius 3 is 2.79 bits per heavy atom. The fourth-order valence-corrected chi connectivity index (χ4v) is 2.88. The molecule has 28 heavy (non-hydrogen) atoms. The summed E-state index contributed by atoms with van der Waals surface area (Å²) in [5, 5.41) is 29.5. The molecule has 1 aromatic rings. The smallest absolute Gasteiger partial charge is 0.141 e. The second kappa shape index (κ2) is 8.24. The highest BCUT2D eigenvalue weighted by Crippen LogP contribution is 2.18. The molecule has 0 aromatic carbocycles. The van der Waals surface area contributed by atoms with Crippen LogP contribution < -0.4 is 5.32 Å². The van der Waals surface area contributed by atoms with Gasteiger partial charge < -0.3 is 15.3 Å². The first-order chi connectivity index (χ1) is 13.3. The molecule has 3 N–H and O–H groups in total. The number of dihydropyridines is 1. The van der Waals surface area contributed by atoms with Crippen molar-refractivity contribution >= 4 is 17.7 Å². The molecule has 1 saturated heterocycles. The Hall–Kier alpha value is -3.16. The zero-order valence-electron chi connectivity index (χ0n) is 16.5. The zero-order chi connectivity index (χ0) is 20.1. The third kappa shape index (κ3) is 5.18. The molecule has 0 spiro atoms. The number of aliphatic hydroxyl groups excluding tert-OH is 1. The largest absolute Gasteiger partial charge is 0.506 e. The van der Waals surface area contributed by atoms with Crippen molar-refractivity contribution < 1.29 is 5.11 Å². The highest BCUT2D eigenvalue weighted by atomic mass is 16.3. The fourth-order valence-electron chi connectivity index (χ4n) is 2.88. The molecule has 8 heteroatoms. The molecule has 1 unspecified atom stereocenters. The molecule has 148 valence electrons. The van der Waals surface area contributed by atoms with E-state index in [1.807, 2.05) is 11.1 Å². The number of rotatable bonds is 4. The van der Waals surface area contributed by atoms with Crippen molar-refractivity contribution in [1.29, 1.82) is 5.41 Å². The summed E-state index contributed by atoms with van der Waals surface area (Å²) in [6, 6.07) is 0. The molecule has 0 saturated carbocycles. The SMILES string of the molecule is CC(C)(C)N=CC1CCN(C(=N)C=CC=C2NC=C(n3nccn3)C=C2O)C1. The van der Waals surface area contributed by atoms with Crippen molar-refractivity contribution in [1.82, 2.24) is 25.2 Å². The Labute approximate surface area is 165 Å². The molecule has 1 atom stereocenters. The van der Waals surface area contributed by atoms with Crippen LogP contribution in [0.25, 0.3) is 5.70 Å². The van der Waals surface area contributed by atoms with Crippen LogP contribution in [0.5, 0.6) is 0 Å². The Bertz CT molecular complexity index is 854. The summed E-state index contributed by atoms with van der Waals surface area (Å²) >= 11 is 0. The summed E-state index contributed by atoms with van der Waals surface area (Å²) in [6.45, 7) is 7.92. The van der Waals surface area contributed by atoms with Gasteiger partial charge in [0, 0.05) is 37.5 Å². The number of aromatic nitrogens is 3. The van der Waals surface area contributed by atoms with Gasteiger partial charge in [0.2, 0.25) is 0 Å². The molecular formula is C20H27N7O. The van der Waals surface area contributed by atoms with E-state index in [2.05, 4.69) is 41.3 Å². The van der Waals surface area contributed by atoms with Gasteiger partial charge in [-0.05, 0) is 39.3 Å². The molecule has 2 aliphatic rings. The van der Waals surface area contributed by atoms with Gasteiger partial charge in [-0.1, -0.05) is 6.08 Å². The van der Waals surface area contributed by atoms with Crippen LogP contribution in [0.1, 0.15) is 27.2 Å². The van der Waals surface area contributed by atoms with Crippen LogP contribution in [0, 0.1) is 11.3 Å². The molecule has 2 aliphatic heterocycles. The minimum absolute atomic E-state index is 0.0582. The maximum Gasteiger partial charge on any atom is 0.141 e. The molecule has 1 aromatic heterocycles. The molecule has 1 fully saturated rings. The van der Waals surface area contributed by atoms with Gasteiger partial charge >= 0.3 is 0 Å². The van der Waals surface area contributed by atoms with E-state index in [1.54, 1.807) is 42.9 Å². The van der Waals surface area contributed by atoms with Crippen molar-refractivity contribution in [2.45, 2.75) is 32.7 Å². The van der Waals surface area contributed by atoms with E-state index in [0.29, 0.717) is 23.1 Å².